The second-order valence-corrected chi connectivity index (χ2v) is 8.16. The van der Waals surface area contributed by atoms with E-state index in [-0.39, 0.29) is 16.5 Å². The van der Waals surface area contributed by atoms with Crippen molar-refractivity contribution in [3.05, 3.63) is 134 Å². The van der Waals surface area contributed by atoms with E-state index in [2.05, 4.69) is 76.7 Å². The van der Waals surface area contributed by atoms with Crippen LogP contribution in [-0.4, -0.2) is 9.97 Å². The number of rotatable bonds is 4. The molecule has 4 heteroatoms. The van der Waals surface area contributed by atoms with Crippen LogP contribution in [0.5, 0.6) is 0 Å². The van der Waals surface area contributed by atoms with Crippen LogP contribution in [0.25, 0.3) is 22.6 Å². The zero-order valence-corrected chi connectivity index (χ0v) is 19.3. The first-order valence-corrected chi connectivity index (χ1v) is 11.1. The summed E-state index contributed by atoms with van der Waals surface area (Å²) in [4.78, 5) is 8.93. The van der Waals surface area contributed by atoms with Gasteiger partial charge in [-0.2, -0.15) is 0 Å². The van der Waals surface area contributed by atoms with Crippen LogP contribution in [0.2, 0.25) is 0 Å². The van der Waals surface area contributed by atoms with Crippen LogP contribution in [0, 0.1) is 6.07 Å². The van der Waals surface area contributed by atoms with Crippen molar-refractivity contribution in [1.82, 2.24) is 9.97 Å². The number of pyridine rings is 2. The summed E-state index contributed by atoms with van der Waals surface area (Å²) in [5.41, 5.74) is 3.68. The second-order valence-electron chi connectivity index (χ2n) is 6.76. The van der Waals surface area contributed by atoms with Gasteiger partial charge >= 0.3 is 0 Å². The summed E-state index contributed by atoms with van der Waals surface area (Å²) in [6.07, 6.45) is 1.78. The van der Waals surface area contributed by atoms with Crippen LogP contribution in [0.4, 0.5) is 0 Å². The van der Waals surface area contributed by atoms with Gasteiger partial charge in [0.1, 0.15) is 0 Å². The van der Waals surface area contributed by atoms with Gasteiger partial charge in [0.15, 0.2) is 0 Å². The van der Waals surface area contributed by atoms with E-state index in [0.717, 1.165) is 31.2 Å². The minimum absolute atomic E-state index is 0. The van der Waals surface area contributed by atoms with Gasteiger partial charge in [-0.25, -0.2) is 0 Å². The quantitative estimate of drug-likeness (QED) is 0.183. The van der Waals surface area contributed by atoms with Crippen molar-refractivity contribution in [3.63, 3.8) is 0 Å². The van der Waals surface area contributed by atoms with Crippen LogP contribution in [0.15, 0.2) is 128 Å². The Kier molecular flexibility index (Phi) is 9.32. The molecule has 0 spiro atoms. The molecule has 0 aliphatic heterocycles. The first kappa shape index (κ1) is 23.5. The standard InChI is InChI=1S/C16H11N2.C12H11P.Ni/c1-2-7-13(8-3-1)14-10-6-11-16(18-14)15-9-4-5-12-17-15;1-3-7-11(8-4-1)13-12-9-5-2-6-10-12;/h1-7,9-12H;1-10,13H;/q-1;;. The molecule has 0 fully saturated rings. The molecular weight excluding hydrogens is 454 g/mol. The summed E-state index contributed by atoms with van der Waals surface area (Å²) in [6, 6.07) is 43.9. The minimum Gasteiger partial charge on any atom is -0.295 e. The zero-order chi connectivity index (χ0) is 21.1. The Morgan fingerprint density at radius 1 is 0.531 bits per heavy atom. The monoisotopic (exact) mass is 475 g/mol. The largest absolute Gasteiger partial charge is 0.295 e. The number of benzene rings is 3. The van der Waals surface area contributed by atoms with Gasteiger partial charge in [-0.1, -0.05) is 87.4 Å². The predicted molar refractivity (Wildman–Crippen MR) is 132 cm³/mol. The van der Waals surface area contributed by atoms with E-state index in [9.17, 15) is 0 Å². The Labute approximate surface area is 201 Å². The fraction of sp³-hybridized carbons (Fsp3) is 0. The predicted octanol–water partition coefficient (Wildman–Crippen LogP) is 5.92. The molecule has 0 unspecified atom stereocenters. The fourth-order valence-electron chi connectivity index (χ4n) is 3.00. The van der Waals surface area contributed by atoms with E-state index in [0.29, 0.717) is 0 Å². The van der Waals surface area contributed by atoms with Crippen molar-refractivity contribution >= 4 is 19.2 Å². The fourth-order valence-corrected chi connectivity index (χ4v) is 4.06. The van der Waals surface area contributed by atoms with Crippen LogP contribution in [0.3, 0.4) is 0 Å². The Bertz CT molecular complexity index is 1090. The number of nitrogens with zero attached hydrogens (tertiary/aromatic N) is 2. The molecular formula is C28H22N2NiP-. The maximum atomic E-state index is 4.62. The summed E-state index contributed by atoms with van der Waals surface area (Å²) in [5, 5.41) is 2.79. The summed E-state index contributed by atoms with van der Waals surface area (Å²) >= 11 is 0. The number of hydrogen-bond donors (Lipinski definition) is 0. The van der Waals surface area contributed by atoms with Crippen LogP contribution in [-0.2, 0) is 16.5 Å². The van der Waals surface area contributed by atoms with Gasteiger partial charge in [0.25, 0.3) is 0 Å². The van der Waals surface area contributed by atoms with E-state index in [1.54, 1.807) is 6.20 Å². The van der Waals surface area contributed by atoms with Gasteiger partial charge in [0.2, 0.25) is 0 Å². The van der Waals surface area contributed by atoms with Crippen LogP contribution < -0.4 is 10.6 Å². The summed E-state index contributed by atoms with van der Waals surface area (Å²) < 4.78 is 0. The molecule has 5 aromatic rings. The number of aromatic nitrogens is 2. The van der Waals surface area contributed by atoms with Gasteiger partial charge < -0.3 is 0 Å². The Hall–Kier alpha value is -3.12. The van der Waals surface area contributed by atoms with Crippen LogP contribution >= 0.6 is 8.58 Å². The van der Waals surface area contributed by atoms with Gasteiger partial charge in [0, 0.05) is 22.7 Å². The van der Waals surface area contributed by atoms with E-state index < -0.39 is 0 Å². The molecule has 160 valence electrons. The van der Waals surface area contributed by atoms with Crippen molar-refractivity contribution in [3.8, 4) is 22.6 Å². The third-order valence-electron chi connectivity index (χ3n) is 4.50. The first-order chi connectivity index (χ1) is 15.4. The third-order valence-corrected chi connectivity index (χ3v) is 5.74. The average molecular weight is 476 g/mol. The topological polar surface area (TPSA) is 25.8 Å². The second kappa shape index (κ2) is 12.7. The van der Waals surface area contributed by atoms with E-state index in [1.807, 2.05) is 60.7 Å². The summed E-state index contributed by atoms with van der Waals surface area (Å²) in [7, 11) is 0.777. The van der Waals surface area contributed by atoms with Gasteiger partial charge in [-0.3, -0.25) is 9.97 Å². The average Bonchev–Trinajstić information content (AvgIpc) is 2.87. The molecule has 32 heavy (non-hydrogen) atoms. The molecule has 0 radical (unpaired) electrons. The Balaban J connectivity index is 0.000000184. The molecule has 2 aromatic heterocycles. The molecule has 2 heterocycles. The summed E-state index contributed by atoms with van der Waals surface area (Å²) in [6.45, 7) is 0. The molecule has 0 amide bonds. The van der Waals surface area contributed by atoms with Crippen molar-refractivity contribution in [1.29, 1.82) is 0 Å². The molecule has 0 bridgehead atoms. The normalized spacial score (nSPS) is 9.75. The molecule has 0 N–H and O–H groups in total. The molecule has 0 aliphatic rings. The van der Waals surface area contributed by atoms with Crippen molar-refractivity contribution < 1.29 is 16.5 Å². The Morgan fingerprint density at radius 2 is 1.12 bits per heavy atom. The van der Waals surface area contributed by atoms with Gasteiger partial charge in [-0.15, -0.1) is 35.9 Å². The summed E-state index contributed by atoms with van der Waals surface area (Å²) in [5.74, 6) is 0. The SMILES string of the molecule is [Ni].[c-]1ccccc1-c1cccc(-c2ccccn2)n1.c1ccc(Pc2ccccc2)cc1. The van der Waals surface area contributed by atoms with Crippen molar-refractivity contribution in [2.24, 2.45) is 0 Å². The van der Waals surface area contributed by atoms with Gasteiger partial charge in [-0.05, 0) is 34.5 Å². The molecule has 0 saturated carbocycles. The van der Waals surface area contributed by atoms with E-state index in [4.69, 9.17) is 0 Å². The van der Waals surface area contributed by atoms with Gasteiger partial charge in [0.05, 0.1) is 11.4 Å². The minimum atomic E-state index is 0. The zero-order valence-electron chi connectivity index (χ0n) is 17.3. The van der Waals surface area contributed by atoms with Crippen LogP contribution in [0.1, 0.15) is 0 Å². The van der Waals surface area contributed by atoms with Crippen molar-refractivity contribution in [2.45, 2.75) is 0 Å². The first-order valence-electron chi connectivity index (χ1n) is 10.1. The smallest absolute Gasteiger partial charge is 0.0876 e. The molecule has 5 rings (SSSR count). The molecule has 0 atom stereocenters. The molecule has 0 saturated heterocycles. The molecule has 0 aliphatic carbocycles. The molecule has 2 nitrogen and oxygen atoms in total. The maximum absolute atomic E-state index is 4.62. The number of hydrogen-bond acceptors (Lipinski definition) is 2. The van der Waals surface area contributed by atoms with E-state index >= 15 is 0 Å². The molecule has 3 aromatic carbocycles. The third kappa shape index (κ3) is 6.96. The Morgan fingerprint density at radius 3 is 1.72 bits per heavy atom. The van der Waals surface area contributed by atoms with E-state index in [1.165, 1.54) is 10.6 Å². The maximum Gasteiger partial charge on any atom is 0.0876 e. The van der Waals surface area contributed by atoms with Crippen molar-refractivity contribution in [2.75, 3.05) is 0 Å².